The van der Waals surface area contributed by atoms with E-state index < -0.39 is 0 Å². The molecule has 0 aliphatic carbocycles. The maximum absolute atomic E-state index is 11.1. The van der Waals surface area contributed by atoms with Gasteiger partial charge in [-0.2, -0.15) is 0 Å². The lowest BCUT2D eigenvalue weighted by Crippen LogP contribution is -2.38. The first-order valence-corrected chi connectivity index (χ1v) is 4.61. The number of alkyl halides is 1. The fourth-order valence-corrected chi connectivity index (χ4v) is 1.55. The molecule has 12 heavy (non-hydrogen) atoms. The predicted octanol–water partition coefficient (Wildman–Crippen LogP) is 1.10. The van der Waals surface area contributed by atoms with Gasteiger partial charge in [-0.15, -0.1) is 23.9 Å². The Hall–Kier alpha value is -0.680. The molecule has 0 saturated carbocycles. The number of terminal acetylenes is 1. The molecule has 0 N–H and O–H groups in total. The smallest absolute Gasteiger partial charge is 0.237 e. The molecular weight excluding hydrogens is 174 g/mol. The Morgan fingerprint density at radius 2 is 2.17 bits per heavy atom. The molecule has 0 spiro atoms. The van der Waals surface area contributed by atoms with Crippen molar-refractivity contribution in [2.24, 2.45) is 5.92 Å². The van der Waals surface area contributed by atoms with E-state index in [0.717, 1.165) is 25.9 Å². The summed E-state index contributed by atoms with van der Waals surface area (Å²) in [5, 5.41) is 0. The third-order valence-electron chi connectivity index (χ3n) is 2.20. The van der Waals surface area contributed by atoms with E-state index in [2.05, 4.69) is 5.92 Å². The molecule has 0 aromatic carbocycles. The van der Waals surface area contributed by atoms with Crippen molar-refractivity contribution in [1.82, 2.24) is 4.90 Å². The number of hydrogen-bond donors (Lipinski definition) is 0. The molecule has 3 heteroatoms. The standard InChI is InChI=1S/C9H12ClNO/c1-2-8-3-5-11(6-4-8)9(12)7-10/h1,8H,3-7H2. The van der Waals surface area contributed by atoms with Crippen LogP contribution < -0.4 is 0 Å². The van der Waals surface area contributed by atoms with E-state index in [-0.39, 0.29) is 11.8 Å². The number of carbonyl (C=O) groups is 1. The van der Waals surface area contributed by atoms with E-state index in [1.54, 1.807) is 4.90 Å². The van der Waals surface area contributed by atoms with Gasteiger partial charge in [-0.25, -0.2) is 0 Å². The minimum Gasteiger partial charge on any atom is -0.342 e. The Morgan fingerprint density at radius 3 is 2.58 bits per heavy atom. The molecule has 0 atom stereocenters. The zero-order chi connectivity index (χ0) is 8.97. The average Bonchev–Trinajstić information content (AvgIpc) is 2.17. The molecule has 1 amide bonds. The summed E-state index contributed by atoms with van der Waals surface area (Å²) in [4.78, 5) is 12.9. The molecule has 1 saturated heterocycles. The van der Waals surface area contributed by atoms with E-state index in [1.165, 1.54) is 0 Å². The summed E-state index contributed by atoms with van der Waals surface area (Å²) in [5.41, 5.74) is 0. The number of rotatable bonds is 1. The van der Waals surface area contributed by atoms with Crippen LogP contribution in [0.5, 0.6) is 0 Å². The van der Waals surface area contributed by atoms with Gasteiger partial charge in [0, 0.05) is 19.0 Å². The molecule has 1 aliphatic heterocycles. The average molecular weight is 186 g/mol. The topological polar surface area (TPSA) is 20.3 Å². The lowest BCUT2D eigenvalue weighted by molar-refractivity contribution is -0.129. The van der Waals surface area contributed by atoms with Crippen molar-refractivity contribution in [3.63, 3.8) is 0 Å². The monoisotopic (exact) mass is 185 g/mol. The van der Waals surface area contributed by atoms with Crippen molar-refractivity contribution in [2.75, 3.05) is 19.0 Å². The van der Waals surface area contributed by atoms with Crippen molar-refractivity contribution in [1.29, 1.82) is 0 Å². The molecule has 0 radical (unpaired) electrons. The Balaban J connectivity index is 2.37. The second-order valence-corrected chi connectivity index (χ2v) is 3.22. The molecule has 0 unspecified atom stereocenters. The highest BCUT2D eigenvalue weighted by atomic mass is 35.5. The molecule has 0 aromatic rings. The van der Waals surface area contributed by atoms with Gasteiger partial charge in [0.05, 0.1) is 0 Å². The van der Waals surface area contributed by atoms with Crippen molar-refractivity contribution >= 4 is 17.5 Å². The van der Waals surface area contributed by atoms with Crippen LogP contribution in [0.15, 0.2) is 0 Å². The molecule has 1 fully saturated rings. The van der Waals surface area contributed by atoms with E-state index in [1.807, 2.05) is 0 Å². The summed E-state index contributed by atoms with van der Waals surface area (Å²) in [5.74, 6) is 3.17. The third-order valence-corrected chi connectivity index (χ3v) is 2.43. The highest BCUT2D eigenvalue weighted by Crippen LogP contribution is 2.15. The van der Waals surface area contributed by atoms with Crippen LogP contribution in [-0.2, 0) is 4.79 Å². The largest absolute Gasteiger partial charge is 0.342 e. The molecule has 2 nitrogen and oxygen atoms in total. The quantitative estimate of drug-likeness (QED) is 0.443. The Kier molecular flexibility index (Phi) is 3.43. The van der Waals surface area contributed by atoms with Crippen molar-refractivity contribution in [2.45, 2.75) is 12.8 Å². The van der Waals surface area contributed by atoms with Gasteiger partial charge in [-0.1, -0.05) is 0 Å². The Bertz CT molecular complexity index is 201. The van der Waals surface area contributed by atoms with Crippen LogP contribution in [-0.4, -0.2) is 29.8 Å². The SMILES string of the molecule is C#CC1CCN(C(=O)CCl)CC1. The number of carbonyl (C=O) groups excluding carboxylic acids is 1. The van der Waals surface area contributed by atoms with Gasteiger partial charge in [-0.05, 0) is 12.8 Å². The highest BCUT2D eigenvalue weighted by molar-refractivity contribution is 6.27. The Labute approximate surface area is 77.9 Å². The van der Waals surface area contributed by atoms with E-state index in [0.29, 0.717) is 5.92 Å². The van der Waals surface area contributed by atoms with Crippen molar-refractivity contribution < 1.29 is 4.79 Å². The molecule has 66 valence electrons. The third kappa shape index (κ3) is 2.15. The number of halogens is 1. The second-order valence-electron chi connectivity index (χ2n) is 2.96. The second kappa shape index (κ2) is 4.37. The Morgan fingerprint density at radius 1 is 1.58 bits per heavy atom. The minimum atomic E-state index is 0.0205. The van der Waals surface area contributed by atoms with E-state index in [9.17, 15) is 4.79 Å². The molecule has 1 aliphatic rings. The molecule has 0 aromatic heterocycles. The van der Waals surface area contributed by atoms with Crippen molar-refractivity contribution in [3.8, 4) is 12.3 Å². The number of likely N-dealkylation sites (tertiary alicyclic amines) is 1. The van der Waals surface area contributed by atoms with Gasteiger partial charge in [0.15, 0.2) is 0 Å². The van der Waals surface area contributed by atoms with Crippen LogP contribution in [0.3, 0.4) is 0 Å². The normalized spacial score (nSPS) is 18.8. The van der Waals surface area contributed by atoms with Gasteiger partial charge >= 0.3 is 0 Å². The van der Waals surface area contributed by atoms with E-state index >= 15 is 0 Å². The summed E-state index contributed by atoms with van der Waals surface area (Å²) in [6, 6.07) is 0. The summed E-state index contributed by atoms with van der Waals surface area (Å²) in [7, 11) is 0. The van der Waals surface area contributed by atoms with E-state index in [4.69, 9.17) is 18.0 Å². The maximum Gasteiger partial charge on any atom is 0.237 e. The van der Waals surface area contributed by atoms with Crippen LogP contribution in [0, 0.1) is 18.3 Å². The minimum absolute atomic E-state index is 0.0205. The molecule has 1 rings (SSSR count). The lowest BCUT2D eigenvalue weighted by Gasteiger charge is -2.29. The van der Waals surface area contributed by atoms with Crippen LogP contribution in [0.1, 0.15) is 12.8 Å². The van der Waals surface area contributed by atoms with Crippen LogP contribution in [0.4, 0.5) is 0 Å². The predicted molar refractivity (Wildman–Crippen MR) is 48.9 cm³/mol. The maximum atomic E-state index is 11.1. The fourth-order valence-electron chi connectivity index (χ4n) is 1.38. The first-order valence-electron chi connectivity index (χ1n) is 4.07. The lowest BCUT2D eigenvalue weighted by atomic mass is 9.98. The summed E-state index contributed by atoms with van der Waals surface area (Å²) >= 11 is 5.42. The van der Waals surface area contributed by atoms with Gasteiger partial charge in [0.25, 0.3) is 0 Å². The zero-order valence-electron chi connectivity index (χ0n) is 6.92. The number of amides is 1. The van der Waals surface area contributed by atoms with Crippen molar-refractivity contribution in [3.05, 3.63) is 0 Å². The first-order chi connectivity index (χ1) is 5.77. The number of piperidine rings is 1. The molecule has 0 bridgehead atoms. The number of hydrogen-bond acceptors (Lipinski definition) is 1. The van der Waals surface area contributed by atoms with Crippen LogP contribution >= 0.6 is 11.6 Å². The molecule has 1 heterocycles. The van der Waals surface area contributed by atoms with Gasteiger partial charge in [0.1, 0.15) is 5.88 Å². The van der Waals surface area contributed by atoms with Crippen LogP contribution in [0.25, 0.3) is 0 Å². The van der Waals surface area contributed by atoms with Crippen LogP contribution in [0.2, 0.25) is 0 Å². The fraction of sp³-hybridized carbons (Fsp3) is 0.667. The van der Waals surface area contributed by atoms with Gasteiger partial charge < -0.3 is 4.90 Å². The first kappa shape index (κ1) is 9.41. The highest BCUT2D eigenvalue weighted by Gasteiger charge is 2.20. The summed E-state index contributed by atoms with van der Waals surface area (Å²) in [6.07, 6.45) is 7.11. The zero-order valence-corrected chi connectivity index (χ0v) is 7.68. The van der Waals surface area contributed by atoms with Gasteiger partial charge in [0.2, 0.25) is 5.91 Å². The number of nitrogens with zero attached hydrogens (tertiary/aromatic N) is 1. The summed E-state index contributed by atoms with van der Waals surface area (Å²) in [6.45, 7) is 1.53. The summed E-state index contributed by atoms with van der Waals surface area (Å²) < 4.78 is 0. The molecular formula is C9H12ClNO. The van der Waals surface area contributed by atoms with Gasteiger partial charge in [-0.3, -0.25) is 4.79 Å².